The number of oxime groups is 1. The number of hydrogen-bond acceptors (Lipinski definition) is 6. The van der Waals surface area contributed by atoms with E-state index in [4.69, 9.17) is 16.8 Å². The average Bonchev–Trinajstić information content (AvgIpc) is 2.60. The first-order chi connectivity index (χ1) is 11.7. The number of rotatable bonds is 4. The fraction of sp³-hybridized carbons (Fsp3) is 0.294. The summed E-state index contributed by atoms with van der Waals surface area (Å²) in [5, 5.41) is 22.5. The van der Waals surface area contributed by atoms with Gasteiger partial charge in [0.15, 0.2) is 0 Å². The Hall–Kier alpha value is -2.31. The molecule has 6 nitrogen and oxygen atoms in total. The van der Waals surface area contributed by atoms with E-state index in [0.29, 0.717) is 17.1 Å². The minimum Gasteiger partial charge on any atom is -0.507 e. The van der Waals surface area contributed by atoms with Gasteiger partial charge in [0.25, 0.3) is 0 Å². The molecule has 1 fully saturated rings. The number of aromatic nitrogens is 1. The fourth-order valence-electron chi connectivity index (χ4n) is 2.92. The Bertz CT molecular complexity index is 716. The van der Waals surface area contributed by atoms with Gasteiger partial charge in [-0.15, -0.1) is 0 Å². The molecule has 0 radical (unpaired) electrons. The Morgan fingerprint density at radius 3 is 2.54 bits per heavy atom. The topological polar surface area (TPSA) is 72.2 Å². The number of hydrogen-bond donors (Lipinski definition) is 2. The molecule has 1 saturated heterocycles. The van der Waals surface area contributed by atoms with Crippen molar-refractivity contribution in [1.29, 1.82) is 0 Å². The highest BCUT2D eigenvalue weighted by molar-refractivity contribution is 6.31. The summed E-state index contributed by atoms with van der Waals surface area (Å²) < 4.78 is 0. The molecule has 3 rings (SSSR count). The molecular weight excluding hydrogens is 328 g/mol. The Morgan fingerprint density at radius 2 is 1.88 bits per heavy atom. The lowest BCUT2D eigenvalue weighted by atomic mass is 10.1. The standard InChI is InChI=1S/C17H19ClN4O2/c18-15-9-13(11-20-24)17(23)14(10-15)12-21-5-7-22(8-6-21)16-1-3-19-4-2-16/h1-4,9-11,23-24H,5-8,12H2/b20-11+. The molecule has 2 heterocycles. The number of pyridine rings is 1. The molecule has 1 aliphatic rings. The van der Waals surface area contributed by atoms with Crippen molar-refractivity contribution in [1.82, 2.24) is 9.88 Å². The normalized spacial score (nSPS) is 16.0. The van der Waals surface area contributed by atoms with Crippen LogP contribution in [0.25, 0.3) is 0 Å². The van der Waals surface area contributed by atoms with Crippen LogP contribution in [-0.4, -0.2) is 52.6 Å². The predicted molar refractivity (Wildman–Crippen MR) is 94.2 cm³/mol. The van der Waals surface area contributed by atoms with Crippen LogP contribution in [-0.2, 0) is 6.54 Å². The largest absolute Gasteiger partial charge is 0.507 e. The van der Waals surface area contributed by atoms with E-state index in [9.17, 15) is 5.11 Å². The molecule has 2 N–H and O–H groups in total. The third-order valence-corrected chi connectivity index (χ3v) is 4.39. The van der Waals surface area contributed by atoms with Crippen molar-refractivity contribution < 1.29 is 10.3 Å². The van der Waals surface area contributed by atoms with Gasteiger partial charge in [-0.05, 0) is 24.3 Å². The lowest BCUT2D eigenvalue weighted by Crippen LogP contribution is -2.46. The summed E-state index contributed by atoms with van der Waals surface area (Å²) in [6, 6.07) is 7.35. The van der Waals surface area contributed by atoms with Crippen molar-refractivity contribution in [3.05, 3.63) is 52.8 Å². The zero-order valence-corrected chi connectivity index (χ0v) is 13.9. The number of nitrogens with zero attached hydrogens (tertiary/aromatic N) is 4. The van der Waals surface area contributed by atoms with E-state index in [1.54, 1.807) is 24.5 Å². The van der Waals surface area contributed by atoms with Gasteiger partial charge < -0.3 is 15.2 Å². The maximum Gasteiger partial charge on any atom is 0.129 e. The van der Waals surface area contributed by atoms with Gasteiger partial charge in [0.2, 0.25) is 0 Å². The molecule has 2 aromatic rings. The number of phenolic OH excluding ortho intramolecular Hbond substituents is 1. The zero-order valence-electron chi connectivity index (χ0n) is 13.1. The van der Waals surface area contributed by atoms with Crippen molar-refractivity contribution in [2.75, 3.05) is 31.1 Å². The van der Waals surface area contributed by atoms with Crippen LogP contribution in [0.2, 0.25) is 5.02 Å². The van der Waals surface area contributed by atoms with Gasteiger partial charge in [0.05, 0.1) is 6.21 Å². The lowest BCUT2D eigenvalue weighted by Gasteiger charge is -2.36. The highest BCUT2D eigenvalue weighted by atomic mass is 35.5. The van der Waals surface area contributed by atoms with Crippen LogP contribution in [0.5, 0.6) is 5.75 Å². The maximum atomic E-state index is 10.3. The van der Waals surface area contributed by atoms with Crippen LogP contribution in [0, 0.1) is 0 Å². The third kappa shape index (κ3) is 3.77. The van der Waals surface area contributed by atoms with Gasteiger partial charge in [-0.1, -0.05) is 16.8 Å². The first kappa shape index (κ1) is 16.5. The van der Waals surface area contributed by atoms with Crippen LogP contribution in [0.1, 0.15) is 11.1 Å². The van der Waals surface area contributed by atoms with Crippen LogP contribution in [0.15, 0.2) is 41.8 Å². The molecule has 7 heteroatoms. The fourth-order valence-corrected chi connectivity index (χ4v) is 3.17. The van der Waals surface area contributed by atoms with E-state index in [1.807, 2.05) is 12.1 Å². The van der Waals surface area contributed by atoms with Crippen LogP contribution in [0.3, 0.4) is 0 Å². The van der Waals surface area contributed by atoms with E-state index in [0.717, 1.165) is 31.7 Å². The lowest BCUT2D eigenvalue weighted by molar-refractivity contribution is 0.246. The molecular formula is C17H19ClN4O2. The average molecular weight is 347 g/mol. The predicted octanol–water partition coefficient (Wildman–Crippen LogP) is 2.57. The quantitative estimate of drug-likeness (QED) is 0.506. The summed E-state index contributed by atoms with van der Waals surface area (Å²) in [4.78, 5) is 8.63. The number of aromatic hydroxyl groups is 1. The van der Waals surface area contributed by atoms with Crippen molar-refractivity contribution in [3.8, 4) is 5.75 Å². The third-order valence-electron chi connectivity index (χ3n) is 4.17. The molecule has 0 bridgehead atoms. The van der Waals surface area contributed by atoms with Crippen LogP contribution >= 0.6 is 11.6 Å². The summed E-state index contributed by atoms with van der Waals surface area (Å²) in [5.74, 6) is 0.105. The number of phenols is 1. The summed E-state index contributed by atoms with van der Waals surface area (Å²) in [6.45, 7) is 4.20. The van der Waals surface area contributed by atoms with Crippen LogP contribution < -0.4 is 4.90 Å². The molecule has 0 atom stereocenters. The molecule has 24 heavy (non-hydrogen) atoms. The number of halogens is 1. The van der Waals surface area contributed by atoms with Gasteiger partial charge in [-0.3, -0.25) is 9.88 Å². The highest BCUT2D eigenvalue weighted by Crippen LogP contribution is 2.28. The van der Waals surface area contributed by atoms with Crippen molar-refractivity contribution in [2.45, 2.75) is 6.54 Å². The molecule has 0 saturated carbocycles. The number of benzene rings is 1. The Labute approximate surface area is 145 Å². The SMILES string of the molecule is O/N=C/c1cc(Cl)cc(CN2CCN(c3ccncc3)CC2)c1O. The maximum absolute atomic E-state index is 10.3. The van der Waals surface area contributed by atoms with Crippen LogP contribution in [0.4, 0.5) is 5.69 Å². The van der Waals surface area contributed by atoms with E-state index in [2.05, 4.69) is 19.9 Å². The molecule has 126 valence electrons. The summed E-state index contributed by atoms with van der Waals surface area (Å²) in [7, 11) is 0. The van der Waals surface area contributed by atoms with E-state index >= 15 is 0 Å². The molecule has 0 amide bonds. The molecule has 1 aromatic heterocycles. The summed E-state index contributed by atoms with van der Waals surface area (Å²) in [5.41, 5.74) is 2.32. The summed E-state index contributed by atoms with van der Waals surface area (Å²) >= 11 is 6.09. The molecule has 1 aromatic carbocycles. The minimum atomic E-state index is 0.105. The van der Waals surface area contributed by atoms with Gasteiger partial charge in [0, 0.05) is 67.0 Å². The number of anilines is 1. The second-order valence-corrected chi connectivity index (χ2v) is 6.15. The second-order valence-electron chi connectivity index (χ2n) is 5.72. The first-order valence-corrected chi connectivity index (χ1v) is 8.11. The van der Waals surface area contributed by atoms with Gasteiger partial charge in [-0.2, -0.15) is 0 Å². The van der Waals surface area contributed by atoms with E-state index in [-0.39, 0.29) is 5.75 Å². The minimum absolute atomic E-state index is 0.105. The monoisotopic (exact) mass is 346 g/mol. The van der Waals surface area contributed by atoms with Gasteiger partial charge in [0.1, 0.15) is 5.75 Å². The van der Waals surface area contributed by atoms with Gasteiger partial charge >= 0.3 is 0 Å². The zero-order chi connectivity index (χ0) is 16.9. The van der Waals surface area contributed by atoms with E-state index < -0.39 is 0 Å². The number of piperazine rings is 1. The van der Waals surface area contributed by atoms with Crippen molar-refractivity contribution in [3.63, 3.8) is 0 Å². The Balaban J connectivity index is 1.66. The Morgan fingerprint density at radius 1 is 1.17 bits per heavy atom. The highest BCUT2D eigenvalue weighted by Gasteiger charge is 2.19. The molecule has 0 spiro atoms. The first-order valence-electron chi connectivity index (χ1n) is 7.73. The molecule has 0 unspecified atom stereocenters. The summed E-state index contributed by atoms with van der Waals surface area (Å²) in [6.07, 6.45) is 4.79. The second kappa shape index (κ2) is 7.51. The van der Waals surface area contributed by atoms with Crippen molar-refractivity contribution >= 4 is 23.5 Å². The van der Waals surface area contributed by atoms with E-state index in [1.165, 1.54) is 11.9 Å². The van der Waals surface area contributed by atoms with Crippen molar-refractivity contribution in [2.24, 2.45) is 5.16 Å². The smallest absolute Gasteiger partial charge is 0.129 e. The molecule has 1 aliphatic heterocycles. The Kier molecular flexibility index (Phi) is 5.17. The molecule has 0 aliphatic carbocycles. The van der Waals surface area contributed by atoms with Gasteiger partial charge in [-0.25, -0.2) is 0 Å².